The second-order valence-corrected chi connectivity index (χ2v) is 4.28. The molecule has 1 rings (SSSR count). The first kappa shape index (κ1) is 13.4. The maximum absolute atomic E-state index is 12.0. The van der Waals surface area contributed by atoms with Crippen LogP contribution in [0.15, 0.2) is 0 Å². The summed E-state index contributed by atoms with van der Waals surface area (Å²) in [6, 6.07) is 0. The zero-order valence-corrected chi connectivity index (χ0v) is 9.71. The number of hydrogen-bond acceptors (Lipinski definition) is 4. The Morgan fingerprint density at radius 2 is 2.06 bits per heavy atom. The van der Waals surface area contributed by atoms with Gasteiger partial charge in [-0.25, -0.2) is 0 Å². The van der Waals surface area contributed by atoms with Crippen molar-refractivity contribution in [2.75, 3.05) is 32.9 Å². The van der Waals surface area contributed by atoms with E-state index in [2.05, 4.69) is 5.32 Å². The molecule has 5 nitrogen and oxygen atoms in total. The Balaban J connectivity index is 2.36. The molecule has 5 heteroatoms. The van der Waals surface area contributed by atoms with Gasteiger partial charge in [-0.2, -0.15) is 0 Å². The van der Waals surface area contributed by atoms with E-state index in [1.54, 1.807) is 0 Å². The van der Waals surface area contributed by atoms with E-state index in [1.165, 1.54) is 0 Å². The number of aliphatic hydroxyl groups excluding tert-OH is 1. The van der Waals surface area contributed by atoms with Crippen molar-refractivity contribution < 1.29 is 14.6 Å². The fourth-order valence-electron chi connectivity index (χ4n) is 1.91. The van der Waals surface area contributed by atoms with E-state index >= 15 is 0 Å². The molecule has 1 aliphatic rings. The number of unbranched alkanes of at least 4 members (excludes halogenated alkanes) is 1. The Labute approximate surface area is 96.3 Å². The Morgan fingerprint density at radius 1 is 1.38 bits per heavy atom. The van der Waals surface area contributed by atoms with E-state index in [9.17, 15) is 4.79 Å². The summed E-state index contributed by atoms with van der Waals surface area (Å²) in [5.74, 6) is 0.0382. The van der Waals surface area contributed by atoms with Crippen LogP contribution in [0, 0.1) is 5.41 Å². The molecule has 1 aliphatic heterocycles. The summed E-state index contributed by atoms with van der Waals surface area (Å²) in [5.41, 5.74) is 5.28. The van der Waals surface area contributed by atoms with Gasteiger partial charge in [0.25, 0.3) is 0 Å². The lowest BCUT2D eigenvalue weighted by atomic mass is 9.79. The molecule has 1 amide bonds. The van der Waals surface area contributed by atoms with Crippen LogP contribution < -0.4 is 11.1 Å². The largest absolute Gasteiger partial charge is 0.396 e. The predicted octanol–water partition coefficient (Wildman–Crippen LogP) is -0.369. The third-order valence-electron chi connectivity index (χ3n) is 3.19. The summed E-state index contributed by atoms with van der Waals surface area (Å²) >= 11 is 0. The first-order valence-electron chi connectivity index (χ1n) is 5.92. The van der Waals surface area contributed by atoms with Crippen molar-refractivity contribution in [3.63, 3.8) is 0 Å². The molecule has 1 fully saturated rings. The van der Waals surface area contributed by atoms with E-state index in [1.807, 2.05) is 0 Å². The molecule has 0 aliphatic carbocycles. The van der Waals surface area contributed by atoms with E-state index in [0.29, 0.717) is 39.1 Å². The summed E-state index contributed by atoms with van der Waals surface area (Å²) in [4.78, 5) is 12.0. The van der Waals surface area contributed by atoms with Crippen LogP contribution in [0.2, 0.25) is 0 Å². The van der Waals surface area contributed by atoms with Gasteiger partial charge in [-0.3, -0.25) is 4.79 Å². The number of amides is 1. The van der Waals surface area contributed by atoms with Gasteiger partial charge < -0.3 is 20.9 Å². The molecule has 0 atom stereocenters. The van der Waals surface area contributed by atoms with Crippen LogP contribution in [0.1, 0.15) is 25.7 Å². The molecule has 16 heavy (non-hydrogen) atoms. The summed E-state index contributed by atoms with van der Waals surface area (Å²) in [7, 11) is 0. The van der Waals surface area contributed by atoms with Crippen LogP contribution in [0.25, 0.3) is 0 Å². The molecule has 0 unspecified atom stereocenters. The minimum absolute atomic E-state index is 0.0382. The molecule has 0 aromatic heterocycles. The van der Waals surface area contributed by atoms with Gasteiger partial charge in [-0.1, -0.05) is 0 Å². The Kier molecular flexibility index (Phi) is 5.73. The van der Waals surface area contributed by atoms with Gasteiger partial charge in [0, 0.05) is 32.9 Å². The summed E-state index contributed by atoms with van der Waals surface area (Å²) < 4.78 is 5.25. The zero-order valence-electron chi connectivity index (χ0n) is 9.71. The number of aliphatic hydroxyl groups is 1. The second kappa shape index (κ2) is 6.83. The minimum atomic E-state index is -0.433. The molecule has 0 bridgehead atoms. The molecule has 0 spiro atoms. The van der Waals surface area contributed by atoms with Crippen LogP contribution in [-0.4, -0.2) is 43.9 Å². The Bertz CT molecular complexity index is 215. The van der Waals surface area contributed by atoms with Crippen LogP contribution >= 0.6 is 0 Å². The summed E-state index contributed by atoms with van der Waals surface area (Å²) in [5, 5.41) is 11.5. The van der Waals surface area contributed by atoms with E-state index in [-0.39, 0.29) is 12.5 Å². The molecule has 1 saturated heterocycles. The van der Waals surface area contributed by atoms with Crippen molar-refractivity contribution in [1.82, 2.24) is 5.32 Å². The van der Waals surface area contributed by atoms with Crippen molar-refractivity contribution in [3.05, 3.63) is 0 Å². The van der Waals surface area contributed by atoms with E-state index in [0.717, 1.165) is 12.8 Å². The summed E-state index contributed by atoms with van der Waals surface area (Å²) in [6.45, 7) is 2.39. The standard InChI is InChI=1S/C11H22N2O3/c12-9-11(3-7-16-8-4-11)10(15)13-5-1-2-6-14/h14H,1-9,12H2,(H,13,15). The average Bonchev–Trinajstić information content (AvgIpc) is 2.35. The minimum Gasteiger partial charge on any atom is -0.396 e. The highest BCUT2D eigenvalue weighted by Gasteiger charge is 2.38. The first-order valence-corrected chi connectivity index (χ1v) is 5.92. The number of nitrogens with one attached hydrogen (secondary N) is 1. The molecule has 4 N–H and O–H groups in total. The molecular weight excluding hydrogens is 208 g/mol. The molecule has 0 radical (unpaired) electrons. The van der Waals surface area contributed by atoms with Crippen molar-refractivity contribution in [3.8, 4) is 0 Å². The highest BCUT2D eigenvalue weighted by molar-refractivity contribution is 5.83. The molecule has 1 heterocycles. The van der Waals surface area contributed by atoms with Gasteiger partial charge in [0.2, 0.25) is 5.91 Å². The lowest BCUT2D eigenvalue weighted by Gasteiger charge is -2.34. The first-order chi connectivity index (χ1) is 7.75. The van der Waals surface area contributed by atoms with E-state index in [4.69, 9.17) is 15.6 Å². The van der Waals surface area contributed by atoms with Crippen LogP contribution in [0.3, 0.4) is 0 Å². The van der Waals surface area contributed by atoms with Crippen molar-refractivity contribution >= 4 is 5.91 Å². The van der Waals surface area contributed by atoms with Crippen LogP contribution in [-0.2, 0) is 9.53 Å². The normalized spacial score (nSPS) is 19.4. The lowest BCUT2D eigenvalue weighted by molar-refractivity contribution is -0.135. The maximum atomic E-state index is 12.0. The highest BCUT2D eigenvalue weighted by atomic mass is 16.5. The predicted molar refractivity (Wildman–Crippen MR) is 60.9 cm³/mol. The molecule has 0 aromatic rings. The number of nitrogens with two attached hydrogens (primary N) is 1. The van der Waals surface area contributed by atoms with Gasteiger partial charge in [0.15, 0.2) is 0 Å². The Morgan fingerprint density at radius 3 is 2.62 bits per heavy atom. The smallest absolute Gasteiger partial charge is 0.227 e. The van der Waals surface area contributed by atoms with Gasteiger partial charge in [0.05, 0.1) is 5.41 Å². The third-order valence-corrected chi connectivity index (χ3v) is 3.19. The molecular formula is C11H22N2O3. The van der Waals surface area contributed by atoms with Gasteiger partial charge in [0.1, 0.15) is 0 Å². The number of carbonyl (C=O) groups is 1. The van der Waals surface area contributed by atoms with Gasteiger partial charge in [-0.15, -0.1) is 0 Å². The lowest BCUT2D eigenvalue weighted by Crippen LogP contribution is -2.49. The fraction of sp³-hybridized carbons (Fsp3) is 0.909. The van der Waals surface area contributed by atoms with E-state index < -0.39 is 5.41 Å². The molecule has 0 saturated carbocycles. The van der Waals surface area contributed by atoms with Crippen molar-refractivity contribution in [2.45, 2.75) is 25.7 Å². The maximum Gasteiger partial charge on any atom is 0.227 e. The number of ether oxygens (including phenoxy) is 1. The Hall–Kier alpha value is -0.650. The SMILES string of the molecule is NCC1(C(=O)NCCCCO)CCOCC1. The van der Waals surface area contributed by atoms with Gasteiger partial charge in [-0.05, 0) is 25.7 Å². The van der Waals surface area contributed by atoms with Crippen molar-refractivity contribution in [2.24, 2.45) is 11.1 Å². The number of hydrogen-bond donors (Lipinski definition) is 3. The molecule has 94 valence electrons. The second-order valence-electron chi connectivity index (χ2n) is 4.28. The van der Waals surface area contributed by atoms with Crippen LogP contribution in [0.5, 0.6) is 0 Å². The fourth-order valence-corrected chi connectivity index (χ4v) is 1.91. The average molecular weight is 230 g/mol. The monoisotopic (exact) mass is 230 g/mol. The third kappa shape index (κ3) is 3.43. The topological polar surface area (TPSA) is 84.6 Å². The van der Waals surface area contributed by atoms with Crippen molar-refractivity contribution in [1.29, 1.82) is 0 Å². The quantitative estimate of drug-likeness (QED) is 0.544. The molecule has 0 aromatic carbocycles. The number of rotatable bonds is 6. The zero-order chi connectivity index (χ0) is 11.9. The highest BCUT2D eigenvalue weighted by Crippen LogP contribution is 2.29. The number of carbonyl (C=O) groups excluding carboxylic acids is 1. The van der Waals surface area contributed by atoms with Gasteiger partial charge >= 0.3 is 0 Å². The van der Waals surface area contributed by atoms with Crippen LogP contribution in [0.4, 0.5) is 0 Å². The summed E-state index contributed by atoms with van der Waals surface area (Å²) in [6.07, 6.45) is 2.93.